The molecule has 1 heterocycles. The lowest BCUT2D eigenvalue weighted by Gasteiger charge is -2.25. The fourth-order valence-corrected chi connectivity index (χ4v) is 3.30. The third-order valence-electron chi connectivity index (χ3n) is 4.61. The Morgan fingerprint density at radius 3 is 2.48 bits per heavy atom. The number of hydrogen-bond donors (Lipinski definition) is 2. The van der Waals surface area contributed by atoms with Crippen molar-refractivity contribution >= 4 is 28.3 Å². The van der Waals surface area contributed by atoms with Gasteiger partial charge in [0.15, 0.2) is 5.78 Å². The molecular weight excluding hydrogens is 312 g/mol. The van der Waals surface area contributed by atoms with Crippen LogP contribution < -0.4 is 5.32 Å². The number of hydrogen-bond acceptors (Lipinski definition) is 2. The fraction of sp³-hybridized carbons (Fsp3) is 0.238. The Hall–Kier alpha value is -2.88. The molecule has 0 fully saturated rings. The maximum atomic E-state index is 13.0. The van der Waals surface area contributed by atoms with Gasteiger partial charge in [0.1, 0.15) is 0 Å². The number of H-pyrrole nitrogens is 1. The van der Waals surface area contributed by atoms with Crippen LogP contribution in [0.25, 0.3) is 10.9 Å². The van der Waals surface area contributed by atoms with Crippen molar-refractivity contribution in [1.29, 1.82) is 0 Å². The molecule has 4 heteroatoms. The number of aromatic nitrogens is 1. The van der Waals surface area contributed by atoms with E-state index >= 15 is 0 Å². The van der Waals surface area contributed by atoms with Gasteiger partial charge >= 0.3 is 0 Å². The van der Waals surface area contributed by atoms with E-state index in [2.05, 4.69) is 10.3 Å². The molecule has 0 radical (unpaired) electrons. The summed E-state index contributed by atoms with van der Waals surface area (Å²) in [5, 5.41) is 4.01. The van der Waals surface area contributed by atoms with Gasteiger partial charge in [-0.25, -0.2) is 0 Å². The number of amides is 1. The first-order valence-electron chi connectivity index (χ1n) is 8.31. The highest BCUT2D eigenvalue weighted by atomic mass is 16.2. The zero-order valence-electron chi connectivity index (χ0n) is 14.9. The standard InChI is InChI=1S/C21H22N2O2/c1-13-19(17-10-5-6-11-18(17)22-13)21(3,4)20(25)23-16-9-7-8-15(12-16)14(2)24/h5-12,22H,1-4H3,(H,23,25). The quantitative estimate of drug-likeness (QED) is 0.685. The Balaban J connectivity index is 1.96. The predicted octanol–water partition coefficient (Wildman–Crippen LogP) is 4.60. The fourth-order valence-electron chi connectivity index (χ4n) is 3.30. The molecule has 0 aliphatic rings. The van der Waals surface area contributed by atoms with Crippen molar-refractivity contribution < 1.29 is 9.59 Å². The second-order valence-corrected chi connectivity index (χ2v) is 6.89. The number of anilines is 1. The van der Waals surface area contributed by atoms with E-state index < -0.39 is 5.41 Å². The Morgan fingerprint density at radius 1 is 1.04 bits per heavy atom. The number of nitrogens with one attached hydrogen (secondary N) is 2. The minimum absolute atomic E-state index is 0.0252. The minimum atomic E-state index is -0.726. The average Bonchev–Trinajstić information content (AvgIpc) is 2.91. The van der Waals surface area contributed by atoms with Crippen molar-refractivity contribution in [3.05, 3.63) is 65.4 Å². The summed E-state index contributed by atoms with van der Waals surface area (Å²) in [6, 6.07) is 15.0. The summed E-state index contributed by atoms with van der Waals surface area (Å²) in [4.78, 5) is 27.9. The van der Waals surface area contributed by atoms with Crippen LogP contribution in [0.1, 0.15) is 42.4 Å². The van der Waals surface area contributed by atoms with Gasteiger partial charge in [-0.15, -0.1) is 0 Å². The lowest BCUT2D eigenvalue weighted by molar-refractivity contribution is -0.120. The highest BCUT2D eigenvalue weighted by Gasteiger charge is 2.34. The molecule has 0 bridgehead atoms. The maximum Gasteiger partial charge on any atom is 0.234 e. The molecule has 0 aliphatic carbocycles. The predicted molar refractivity (Wildman–Crippen MR) is 101 cm³/mol. The second kappa shape index (κ2) is 6.20. The van der Waals surface area contributed by atoms with Gasteiger partial charge in [0, 0.05) is 27.8 Å². The second-order valence-electron chi connectivity index (χ2n) is 6.89. The van der Waals surface area contributed by atoms with Gasteiger partial charge in [0.05, 0.1) is 5.41 Å². The van der Waals surface area contributed by atoms with Crippen molar-refractivity contribution in [1.82, 2.24) is 4.98 Å². The Morgan fingerprint density at radius 2 is 1.76 bits per heavy atom. The van der Waals surface area contributed by atoms with Gasteiger partial charge in [-0.2, -0.15) is 0 Å². The topological polar surface area (TPSA) is 62.0 Å². The monoisotopic (exact) mass is 334 g/mol. The van der Waals surface area contributed by atoms with E-state index in [4.69, 9.17) is 0 Å². The van der Waals surface area contributed by atoms with Crippen molar-refractivity contribution in [3.8, 4) is 0 Å². The van der Waals surface area contributed by atoms with Crippen molar-refractivity contribution in [2.45, 2.75) is 33.1 Å². The molecule has 0 unspecified atom stereocenters. The van der Waals surface area contributed by atoms with Crippen molar-refractivity contribution in [2.75, 3.05) is 5.32 Å². The van der Waals surface area contributed by atoms with Crippen LogP contribution in [0.2, 0.25) is 0 Å². The lowest BCUT2D eigenvalue weighted by Crippen LogP contribution is -2.35. The molecule has 0 saturated carbocycles. The van der Waals surface area contributed by atoms with Crippen LogP contribution in [0.5, 0.6) is 0 Å². The molecule has 4 nitrogen and oxygen atoms in total. The number of rotatable bonds is 4. The van der Waals surface area contributed by atoms with Gasteiger partial charge in [0.25, 0.3) is 0 Å². The van der Waals surface area contributed by atoms with Crippen LogP contribution >= 0.6 is 0 Å². The number of Topliss-reactive ketones (excluding diaryl/α,β-unsaturated/α-hetero) is 1. The van der Waals surface area contributed by atoms with E-state index in [1.165, 1.54) is 6.92 Å². The molecule has 0 atom stereocenters. The summed E-state index contributed by atoms with van der Waals surface area (Å²) in [6.07, 6.45) is 0. The molecular formula is C21H22N2O2. The van der Waals surface area contributed by atoms with Gasteiger partial charge < -0.3 is 10.3 Å². The van der Waals surface area contributed by atoms with E-state index in [0.29, 0.717) is 11.3 Å². The number of para-hydroxylation sites is 1. The molecule has 2 N–H and O–H groups in total. The largest absolute Gasteiger partial charge is 0.358 e. The lowest BCUT2D eigenvalue weighted by atomic mass is 9.81. The van der Waals surface area contributed by atoms with Crippen LogP contribution in [0.15, 0.2) is 48.5 Å². The molecule has 0 spiro atoms. The van der Waals surface area contributed by atoms with E-state index in [0.717, 1.165) is 22.2 Å². The Bertz CT molecular complexity index is 967. The number of fused-ring (bicyclic) bond motifs is 1. The third-order valence-corrected chi connectivity index (χ3v) is 4.61. The summed E-state index contributed by atoms with van der Waals surface area (Å²) < 4.78 is 0. The van der Waals surface area contributed by atoms with Crippen molar-refractivity contribution in [2.24, 2.45) is 0 Å². The summed E-state index contributed by atoms with van der Waals surface area (Å²) in [5.41, 5.74) is 3.48. The van der Waals surface area contributed by atoms with Crippen LogP contribution in [-0.4, -0.2) is 16.7 Å². The van der Waals surface area contributed by atoms with Crippen molar-refractivity contribution in [3.63, 3.8) is 0 Å². The van der Waals surface area contributed by atoms with Crippen LogP contribution in [-0.2, 0) is 10.2 Å². The number of aryl methyl sites for hydroxylation is 1. The Labute approximate surface area is 147 Å². The molecule has 1 aromatic heterocycles. The molecule has 2 aromatic carbocycles. The number of carbonyl (C=O) groups excluding carboxylic acids is 2. The van der Waals surface area contributed by atoms with E-state index in [1.807, 2.05) is 45.0 Å². The minimum Gasteiger partial charge on any atom is -0.358 e. The normalized spacial score (nSPS) is 11.5. The van der Waals surface area contributed by atoms with E-state index in [-0.39, 0.29) is 11.7 Å². The number of benzene rings is 2. The van der Waals surface area contributed by atoms with Crippen LogP contribution in [0.3, 0.4) is 0 Å². The highest BCUT2D eigenvalue weighted by molar-refractivity contribution is 6.03. The molecule has 0 saturated heterocycles. The van der Waals surface area contributed by atoms with E-state index in [1.54, 1.807) is 24.3 Å². The van der Waals surface area contributed by atoms with Crippen LogP contribution in [0.4, 0.5) is 5.69 Å². The van der Waals surface area contributed by atoms with Gasteiger partial charge in [0.2, 0.25) is 5.91 Å². The summed E-state index contributed by atoms with van der Waals surface area (Å²) >= 11 is 0. The number of ketones is 1. The van der Waals surface area contributed by atoms with Gasteiger partial charge in [-0.3, -0.25) is 9.59 Å². The molecule has 1 amide bonds. The molecule has 128 valence electrons. The first-order valence-corrected chi connectivity index (χ1v) is 8.31. The molecule has 0 aliphatic heterocycles. The van der Waals surface area contributed by atoms with E-state index in [9.17, 15) is 9.59 Å². The summed E-state index contributed by atoms with van der Waals surface area (Å²) in [6.45, 7) is 7.33. The zero-order chi connectivity index (χ0) is 18.2. The molecule has 3 aromatic rings. The SMILES string of the molecule is CC(=O)c1cccc(NC(=O)C(C)(C)c2c(C)[nH]c3ccccc23)c1. The van der Waals surface area contributed by atoms with Gasteiger partial charge in [-0.05, 0) is 51.5 Å². The van der Waals surface area contributed by atoms with Gasteiger partial charge in [-0.1, -0.05) is 30.3 Å². The third kappa shape index (κ3) is 3.07. The number of aromatic amines is 1. The smallest absolute Gasteiger partial charge is 0.234 e. The first-order chi connectivity index (χ1) is 11.8. The highest BCUT2D eigenvalue weighted by Crippen LogP contribution is 2.34. The molecule has 25 heavy (non-hydrogen) atoms. The first kappa shape index (κ1) is 17.0. The maximum absolute atomic E-state index is 13.0. The van der Waals surface area contributed by atoms with Crippen LogP contribution in [0, 0.1) is 6.92 Å². The summed E-state index contributed by atoms with van der Waals surface area (Å²) in [5.74, 6) is -0.135. The summed E-state index contributed by atoms with van der Waals surface area (Å²) in [7, 11) is 0. The Kier molecular flexibility index (Phi) is 4.21. The number of carbonyl (C=O) groups is 2. The molecule has 3 rings (SSSR count). The average molecular weight is 334 g/mol. The zero-order valence-corrected chi connectivity index (χ0v) is 14.9.